The van der Waals surface area contributed by atoms with Gasteiger partial charge in [-0.3, -0.25) is 0 Å². The molecule has 3 saturated heterocycles. The van der Waals surface area contributed by atoms with Crippen molar-refractivity contribution >= 4 is 8.56 Å². The van der Waals surface area contributed by atoms with E-state index in [9.17, 15) is 0 Å². The second kappa shape index (κ2) is 23.2. The molecule has 0 unspecified atom stereocenters. The zero-order valence-corrected chi connectivity index (χ0v) is 41.6. The van der Waals surface area contributed by atoms with E-state index in [1.54, 1.807) is 7.11 Å². The van der Waals surface area contributed by atoms with Crippen LogP contribution in [0.2, 0.25) is 10.1 Å². The molecular weight excluding hydrogens is 877 g/mol. The predicted octanol–water partition coefficient (Wildman–Crippen LogP) is 10.5. The summed E-state index contributed by atoms with van der Waals surface area (Å²) >= 11 is 0. The minimum atomic E-state index is -3.20. The Balaban J connectivity index is 1.20. The summed E-state index contributed by atoms with van der Waals surface area (Å²) in [5.74, 6) is 0. The molecule has 12 heteroatoms. The molecule has 3 fully saturated rings. The van der Waals surface area contributed by atoms with Crippen molar-refractivity contribution in [2.75, 3.05) is 20.3 Å². The van der Waals surface area contributed by atoms with Crippen molar-refractivity contribution in [3.8, 4) is 0 Å². The fourth-order valence-corrected chi connectivity index (χ4v) is 14.7. The molecule has 0 saturated carbocycles. The Labute approximate surface area is 404 Å². The lowest BCUT2D eigenvalue weighted by molar-refractivity contribution is -0.369. The average molecular weight is 947 g/mol. The molecule has 5 aromatic rings. The molecule has 3 aliphatic rings. The maximum absolute atomic E-state index is 7.71. The van der Waals surface area contributed by atoms with Gasteiger partial charge in [0.15, 0.2) is 12.6 Å². The fraction of sp³-hybridized carbons (Fsp3) is 0.464. The number of fused-ring (bicyclic) bond motifs is 2. The van der Waals surface area contributed by atoms with Gasteiger partial charge >= 0.3 is 8.56 Å². The van der Waals surface area contributed by atoms with Crippen LogP contribution in [0, 0.1) is 0 Å². The molecule has 8 rings (SSSR count). The molecule has 11 nitrogen and oxygen atoms in total. The molecule has 68 heavy (non-hydrogen) atoms. The summed E-state index contributed by atoms with van der Waals surface area (Å²) in [6, 6.07) is 50.5. The first-order valence-corrected chi connectivity index (χ1v) is 25.8. The lowest BCUT2D eigenvalue weighted by Gasteiger charge is -2.52. The van der Waals surface area contributed by atoms with Crippen LogP contribution in [0.1, 0.15) is 69.4 Å². The monoisotopic (exact) mass is 946 g/mol. The first kappa shape index (κ1) is 50.3. The van der Waals surface area contributed by atoms with Gasteiger partial charge < -0.3 is 51.5 Å². The molecule has 3 heterocycles. The molecule has 10 atom stereocenters. The normalized spacial score (nSPS) is 27.3. The van der Waals surface area contributed by atoms with Crippen molar-refractivity contribution in [2.45, 2.75) is 146 Å². The van der Waals surface area contributed by atoms with Gasteiger partial charge in [0.25, 0.3) is 0 Å². The highest BCUT2D eigenvalue weighted by Crippen LogP contribution is 2.55. The smallest absolute Gasteiger partial charge is 0.349 e. The van der Waals surface area contributed by atoms with Crippen LogP contribution in [0.4, 0.5) is 0 Å². The third kappa shape index (κ3) is 12.2. The fourth-order valence-electron chi connectivity index (χ4n) is 9.79. The zero-order chi connectivity index (χ0) is 47.6. The van der Waals surface area contributed by atoms with Crippen LogP contribution < -0.4 is 0 Å². The minimum Gasteiger partial charge on any atom is -0.391 e. The largest absolute Gasteiger partial charge is 0.391 e. The van der Waals surface area contributed by atoms with E-state index < -0.39 is 70.0 Å². The van der Waals surface area contributed by atoms with Crippen LogP contribution in [0.15, 0.2) is 152 Å². The topological polar surface area (TPSA) is 102 Å². The van der Waals surface area contributed by atoms with Gasteiger partial charge in [-0.05, 0) is 27.8 Å². The molecule has 0 aliphatic carbocycles. The van der Waals surface area contributed by atoms with E-state index >= 15 is 0 Å². The lowest BCUT2D eigenvalue weighted by atomic mass is 9.96. The zero-order valence-electron chi connectivity index (χ0n) is 40.6. The van der Waals surface area contributed by atoms with Crippen molar-refractivity contribution in [1.82, 2.24) is 0 Å². The van der Waals surface area contributed by atoms with Crippen LogP contribution in [0.5, 0.6) is 0 Å². The Hall–Kier alpha value is -4.12. The summed E-state index contributed by atoms with van der Waals surface area (Å²) in [4.78, 5) is 0. The Morgan fingerprint density at radius 2 is 0.882 bits per heavy atom. The van der Waals surface area contributed by atoms with Gasteiger partial charge in [0, 0.05) is 17.2 Å². The second-order valence-corrected chi connectivity index (χ2v) is 24.7. The third-order valence-corrected chi connectivity index (χ3v) is 18.1. The van der Waals surface area contributed by atoms with E-state index in [0.29, 0.717) is 13.2 Å². The average Bonchev–Trinajstić information content (AvgIpc) is 3.47. The van der Waals surface area contributed by atoms with E-state index in [-0.39, 0.29) is 43.1 Å². The second-order valence-electron chi connectivity index (χ2n) is 20.0. The molecular formula is C56H70O11Si. The first-order chi connectivity index (χ1) is 32.9. The molecule has 0 spiro atoms. The van der Waals surface area contributed by atoms with Gasteiger partial charge in [0.1, 0.15) is 48.8 Å². The van der Waals surface area contributed by atoms with E-state index in [0.717, 1.165) is 27.8 Å². The van der Waals surface area contributed by atoms with Crippen LogP contribution in [-0.2, 0) is 84.5 Å². The van der Waals surface area contributed by atoms with Gasteiger partial charge in [0.05, 0.1) is 46.2 Å². The van der Waals surface area contributed by atoms with E-state index in [4.69, 9.17) is 51.5 Å². The molecule has 0 radical (unpaired) electrons. The number of rotatable bonds is 19. The number of benzene rings is 5. The van der Waals surface area contributed by atoms with Crippen molar-refractivity contribution in [3.63, 3.8) is 0 Å². The first-order valence-electron chi connectivity index (χ1n) is 24.0. The lowest BCUT2D eigenvalue weighted by Crippen LogP contribution is -2.67. The molecule has 0 amide bonds. The van der Waals surface area contributed by atoms with Crippen LogP contribution in [-0.4, -0.2) is 90.3 Å². The summed E-state index contributed by atoms with van der Waals surface area (Å²) in [5, 5.41) is -0.722. The van der Waals surface area contributed by atoms with Crippen molar-refractivity contribution in [2.24, 2.45) is 0 Å². The highest BCUT2D eigenvalue weighted by atomic mass is 28.4. The number of ether oxygens (including phenoxy) is 9. The van der Waals surface area contributed by atoms with Gasteiger partial charge in [-0.15, -0.1) is 0 Å². The van der Waals surface area contributed by atoms with Crippen molar-refractivity contribution in [3.05, 3.63) is 179 Å². The maximum Gasteiger partial charge on any atom is 0.349 e. The number of hydrogen-bond donors (Lipinski definition) is 0. The summed E-state index contributed by atoms with van der Waals surface area (Å²) in [6.45, 7) is 15.2. The Morgan fingerprint density at radius 1 is 0.471 bits per heavy atom. The number of hydrogen-bond acceptors (Lipinski definition) is 11. The Kier molecular flexibility index (Phi) is 17.1. The quantitative estimate of drug-likeness (QED) is 0.0740. The van der Waals surface area contributed by atoms with E-state index in [1.165, 1.54) is 0 Å². The van der Waals surface area contributed by atoms with Gasteiger partial charge in [-0.2, -0.15) is 0 Å². The molecule has 0 aromatic heterocycles. The molecule has 3 aliphatic heterocycles. The molecule has 0 N–H and O–H groups in total. The highest BCUT2D eigenvalue weighted by molar-refractivity contribution is 6.73. The molecule has 364 valence electrons. The molecule has 5 aromatic carbocycles. The van der Waals surface area contributed by atoms with Crippen LogP contribution >= 0.6 is 0 Å². The highest BCUT2D eigenvalue weighted by Gasteiger charge is 2.65. The van der Waals surface area contributed by atoms with Gasteiger partial charge in [-0.25, -0.2) is 0 Å². The Morgan fingerprint density at radius 3 is 1.32 bits per heavy atom. The Bertz CT molecular complexity index is 2210. The van der Waals surface area contributed by atoms with Crippen molar-refractivity contribution in [1.29, 1.82) is 0 Å². The van der Waals surface area contributed by atoms with E-state index in [2.05, 4.69) is 53.7 Å². The standard InChI is InChI=1S/C56H70O11Si/c1-55(2,3)68(56(4,5)6)63-39-46-47(59-34-41-25-15-9-16-26-41)50(67-68)52(62-37-44-31-21-12-22-32-44)54(65-46)66-48-45(38-58-33-40-23-13-8-14-24-40)64-53(57-7)51(61-36-43-29-19-11-20-30-43)49(48)60-35-42-27-17-10-18-28-42/h8-32,45-54H,33-39H2,1-7H3/t45-,46-,47+,48-,49+,50+,51-,52-,53+,54+/m1/s1. The van der Waals surface area contributed by atoms with Crippen LogP contribution in [0.25, 0.3) is 0 Å². The summed E-state index contributed by atoms with van der Waals surface area (Å²) in [7, 11) is -1.58. The molecule has 2 bridgehead atoms. The SMILES string of the molecule is CO[C@H]1O[C@H](COCc2ccccc2)[C@@H](O[C@@H]2O[C@@H]3CO[Si](C(C)(C)C)(C(C)(C)C)O[C@@H]([C@H]3OCc3ccccc3)[C@H]2OCc2ccccc2)[C@H](OCc2ccccc2)[C@H]1OCc1ccccc1. The summed E-state index contributed by atoms with van der Waals surface area (Å²) in [6.07, 6.45) is -7.51. The minimum absolute atomic E-state index is 0.150. The summed E-state index contributed by atoms with van der Waals surface area (Å²) in [5.41, 5.74) is 5.04. The third-order valence-electron chi connectivity index (χ3n) is 13.0. The van der Waals surface area contributed by atoms with Gasteiger partial charge in [0.2, 0.25) is 0 Å². The van der Waals surface area contributed by atoms with E-state index in [1.807, 2.05) is 140 Å². The number of methoxy groups -OCH3 is 1. The van der Waals surface area contributed by atoms with Crippen LogP contribution in [0.3, 0.4) is 0 Å². The predicted molar refractivity (Wildman–Crippen MR) is 261 cm³/mol. The maximum atomic E-state index is 7.71. The van der Waals surface area contributed by atoms with Gasteiger partial charge in [-0.1, -0.05) is 193 Å². The summed E-state index contributed by atoms with van der Waals surface area (Å²) < 4.78 is 77.0. The van der Waals surface area contributed by atoms with Crippen molar-refractivity contribution < 1.29 is 51.5 Å².